The third kappa shape index (κ3) is 2.71. The molecule has 1 aromatic carbocycles. The van der Waals surface area contributed by atoms with E-state index in [1.807, 2.05) is 0 Å². The molecule has 118 valence electrons. The van der Waals surface area contributed by atoms with Crippen LogP contribution in [0.3, 0.4) is 0 Å². The molecule has 0 spiro atoms. The lowest BCUT2D eigenvalue weighted by Gasteiger charge is -2.22. The monoisotopic (exact) mass is 331 g/mol. The third-order valence-corrected chi connectivity index (χ3v) is 3.89. The molecule has 0 aliphatic carbocycles. The van der Waals surface area contributed by atoms with Gasteiger partial charge in [-0.15, -0.1) is 0 Å². The van der Waals surface area contributed by atoms with Crippen molar-refractivity contribution in [2.45, 2.75) is 25.4 Å². The predicted octanol–water partition coefficient (Wildman–Crippen LogP) is 2.74. The van der Waals surface area contributed by atoms with Gasteiger partial charge >= 0.3 is 6.18 Å². The minimum atomic E-state index is -4.59. The Kier molecular flexibility index (Phi) is 3.88. The maximum absolute atomic E-state index is 13.2. The van der Waals surface area contributed by atoms with Crippen LogP contribution in [-0.4, -0.2) is 21.2 Å². The van der Waals surface area contributed by atoms with Gasteiger partial charge < -0.3 is 15.0 Å². The van der Waals surface area contributed by atoms with Crippen LogP contribution in [0.1, 0.15) is 28.7 Å². The van der Waals surface area contributed by atoms with Crippen molar-refractivity contribution in [3.8, 4) is 0 Å². The van der Waals surface area contributed by atoms with Gasteiger partial charge in [0.05, 0.1) is 24.0 Å². The van der Waals surface area contributed by atoms with Gasteiger partial charge in [-0.3, -0.25) is 0 Å². The Bertz CT molecular complexity index is 699. The molecule has 2 aromatic rings. The second kappa shape index (κ2) is 5.57. The number of imidazole rings is 1. The molecule has 0 fully saturated rings. The molecule has 2 N–H and O–H groups in total. The Morgan fingerprint density at radius 3 is 2.86 bits per heavy atom. The van der Waals surface area contributed by atoms with E-state index < -0.39 is 17.8 Å². The summed E-state index contributed by atoms with van der Waals surface area (Å²) in [4.78, 5) is 4.15. The predicted molar refractivity (Wildman–Crippen MR) is 74.4 cm³/mol. The molecule has 0 saturated carbocycles. The molecule has 1 aliphatic rings. The highest BCUT2D eigenvalue weighted by atomic mass is 35.5. The number of hydrogen-bond donors (Lipinski definition) is 2. The van der Waals surface area contributed by atoms with Crippen LogP contribution in [-0.2, 0) is 19.3 Å². The second-order valence-corrected chi connectivity index (χ2v) is 5.50. The fraction of sp³-hybridized carbons (Fsp3) is 0.357. The highest BCUT2D eigenvalue weighted by molar-refractivity contribution is 6.30. The largest absolute Gasteiger partial charge is 0.416 e. The summed E-state index contributed by atoms with van der Waals surface area (Å²) in [6.45, 7) is 1.76. The number of halogens is 4. The standard InChI is InChI=1S/C14H13ClF3N3O/c15-8-1-2-9(10(5-8)14(16,17)18)13(22)11-6-20-12-7-19-3-4-21(11)12/h1-2,5-6,13,19,22H,3-4,7H2. The number of hydrogen-bond acceptors (Lipinski definition) is 3. The molecule has 0 bridgehead atoms. The number of rotatable bonds is 2. The van der Waals surface area contributed by atoms with Gasteiger partial charge in [-0.1, -0.05) is 17.7 Å². The molecule has 1 atom stereocenters. The Labute approximate surface area is 129 Å². The minimum Gasteiger partial charge on any atom is -0.382 e. The SMILES string of the molecule is OC(c1ccc(Cl)cc1C(F)(F)F)c1cnc2n1CCNC2. The Hall–Kier alpha value is -1.57. The van der Waals surface area contributed by atoms with Crippen molar-refractivity contribution in [1.29, 1.82) is 0 Å². The number of aliphatic hydroxyl groups excluding tert-OH is 1. The van der Waals surface area contributed by atoms with Crippen LogP contribution >= 0.6 is 11.6 Å². The summed E-state index contributed by atoms with van der Waals surface area (Å²) >= 11 is 5.66. The second-order valence-electron chi connectivity index (χ2n) is 5.06. The molecule has 1 aliphatic heterocycles. The average Bonchev–Trinajstić information content (AvgIpc) is 2.89. The number of nitrogens with zero attached hydrogens (tertiary/aromatic N) is 2. The zero-order valence-electron chi connectivity index (χ0n) is 11.4. The van der Waals surface area contributed by atoms with Gasteiger partial charge in [-0.2, -0.15) is 13.2 Å². The third-order valence-electron chi connectivity index (χ3n) is 3.66. The molecule has 1 aromatic heterocycles. The van der Waals surface area contributed by atoms with Crippen molar-refractivity contribution in [2.24, 2.45) is 0 Å². The molecule has 0 amide bonds. The molecule has 1 unspecified atom stereocenters. The number of aromatic nitrogens is 2. The van der Waals surface area contributed by atoms with Crippen LogP contribution in [0.25, 0.3) is 0 Å². The van der Waals surface area contributed by atoms with Crippen molar-refractivity contribution >= 4 is 11.6 Å². The van der Waals surface area contributed by atoms with Gasteiger partial charge in [-0.05, 0) is 17.7 Å². The first-order chi connectivity index (χ1) is 10.4. The molecule has 2 heterocycles. The molecule has 0 radical (unpaired) electrons. The van der Waals surface area contributed by atoms with Crippen LogP contribution in [0.4, 0.5) is 13.2 Å². The van der Waals surface area contributed by atoms with E-state index in [0.29, 0.717) is 31.2 Å². The van der Waals surface area contributed by atoms with Gasteiger partial charge in [-0.25, -0.2) is 4.98 Å². The molecule has 22 heavy (non-hydrogen) atoms. The smallest absolute Gasteiger partial charge is 0.382 e. The van der Waals surface area contributed by atoms with Crippen molar-refractivity contribution < 1.29 is 18.3 Å². The van der Waals surface area contributed by atoms with E-state index in [4.69, 9.17) is 11.6 Å². The molecular formula is C14H13ClF3N3O. The lowest BCUT2D eigenvalue weighted by molar-refractivity contribution is -0.139. The first kappa shape index (κ1) is 15.3. The topological polar surface area (TPSA) is 50.1 Å². The van der Waals surface area contributed by atoms with Crippen LogP contribution in [0.15, 0.2) is 24.4 Å². The van der Waals surface area contributed by atoms with Gasteiger partial charge in [0.2, 0.25) is 0 Å². The van der Waals surface area contributed by atoms with Crippen molar-refractivity contribution in [1.82, 2.24) is 14.9 Å². The first-order valence-electron chi connectivity index (χ1n) is 6.67. The fourth-order valence-corrected chi connectivity index (χ4v) is 2.78. The quantitative estimate of drug-likeness (QED) is 0.889. The summed E-state index contributed by atoms with van der Waals surface area (Å²) in [5.41, 5.74) is -0.806. The first-order valence-corrected chi connectivity index (χ1v) is 7.05. The molecular weight excluding hydrogens is 319 g/mol. The highest BCUT2D eigenvalue weighted by Crippen LogP contribution is 2.38. The Morgan fingerprint density at radius 1 is 1.36 bits per heavy atom. The summed E-state index contributed by atoms with van der Waals surface area (Å²) < 4.78 is 41.2. The van der Waals surface area contributed by atoms with Crippen molar-refractivity contribution in [3.63, 3.8) is 0 Å². The summed E-state index contributed by atoms with van der Waals surface area (Å²) in [5, 5.41) is 13.5. The fourth-order valence-electron chi connectivity index (χ4n) is 2.61. The van der Waals surface area contributed by atoms with Gasteiger partial charge in [0, 0.05) is 18.1 Å². The molecule has 3 rings (SSSR count). The average molecular weight is 332 g/mol. The van der Waals surface area contributed by atoms with E-state index in [0.717, 1.165) is 6.07 Å². The number of aliphatic hydroxyl groups is 1. The molecule has 8 heteroatoms. The van der Waals surface area contributed by atoms with Crippen LogP contribution in [0.2, 0.25) is 5.02 Å². The molecule has 0 saturated heterocycles. The normalized spacial score (nSPS) is 16.4. The number of nitrogens with one attached hydrogen (secondary N) is 1. The maximum atomic E-state index is 13.2. The van der Waals surface area contributed by atoms with E-state index in [-0.39, 0.29) is 10.6 Å². The summed E-state index contributed by atoms with van der Waals surface area (Å²) in [7, 11) is 0. The summed E-state index contributed by atoms with van der Waals surface area (Å²) in [5.74, 6) is 0.697. The van der Waals surface area contributed by atoms with E-state index >= 15 is 0 Å². The van der Waals surface area contributed by atoms with Crippen molar-refractivity contribution in [3.05, 3.63) is 52.1 Å². The van der Waals surface area contributed by atoms with E-state index in [1.54, 1.807) is 4.57 Å². The summed E-state index contributed by atoms with van der Waals surface area (Å²) in [6.07, 6.45) is -4.58. The number of fused-ring (bicyclic) bond motifs is 1. The van der Waals surface area contributed by atoms with Crippen LogP contribution in [0, 0.1) is 0 Å². The van der Waals surface area contributed by atoms with Gasteiger partial charge in [0.1, 0.15) is 11.9 Å². The zero-order valence-corrected chi connectivity index (χ0v) is 12.1. The number of alkyl halides is 3. The Morgan fingerprint density at radius 2 is 2.14 bits per heavy atom. The van der Waals surface area contributed by atoms with Crippen LogP contribution in [0.5, 0.6) is 0 Å². The highest BCUT2D eigenvalue weighted by Gasteiger charge is 2.36. The molecule has 4 nitrogen and oxygen atoms in total. The zero-order chi connectivity index (χ0) is 15.9. The lowest BCUT2D eigenvalue weighted by Crippen LogP contribution is -2.29. The lowest BCUT2D eigenvalue weighted by atomic mass is 10.00. The minimum absolute atomic E-state index is 0.0252. The van der Waals surface area contributed by atoms with Crippen LogP contribution < -0.4 is 5.32 Å². The Balaban J connectivity index is 2.06. The van der Waals surface area contributed by atoms with Gasteiger partial charge in [0.15, 0.2) is 0 Å². The maximum Gasteiger partial charge on any atom is 0.416 e. The van der Waals surface area contributed by atoms with E-state index in [9.17, 15) is 18.3 Å². The van der Waals surface area contributed by atoms with E-state index in [1.165, 1.54) is 18.3 Å². The summed E-state index contributed by atoms with van der Waals surface area (Å²) in [6, 6.07) is 3.37. The number of benzene rings is 1. The van der Waals surface area contributed by atoms with Gasteiger partial charge in [0.25, 0.3) is 0 Å². The van der Waals surface area contributed by atoms with E-state index in [2.05, 4.69) is 10.3 Å². The van der Waals surface area contributed by atoms with Crippen molar-refractivity contribution in [2.75, 3.05) is 6.54 Å².